The SMILES string of the molecule is CN(c1ncc(F)cn1)C1(CC(=O)O)CCCCC1. The minimum Gasteiger partial charge on any atom is -0.481 e. The zero-order valence-electron chi connectivity index (χ0n) is 11.0. The second kappa shape index (κ2) is 5.50. The summed E-state index contributed by atoms with van der Waals surface area (Å²) in [6.07, 6.45) is 7.00. The van der Waals surface area contributed by atoms with E-state index in [0.29, 0.717) is 5.95 Å². The van der Waals surface area contributed by atoms with E-state index in [-0.39, 0.29) is 6.42 Å². The number of aliphatic carboxylic acids is 1. The van der Waals surface area contributed by atoms with Crippen LogP contribution in [0, 0.1) is 5.82 Å². The van der Waals surface area contributed by atoms with Gasteiger partial charge in [-0.1, -0.05) is 19.3 Å². The first-order valence-electron chi connectivity index (χ1n) is 6.47. The third kappa shape index (κ3) is 3.00. The number of carboxylic acid groups (broad SMARTS) is 1. The maximum absolute atomic E-state index is 12.9. The summed E-state index contributed by atoms with van der Waals surface area (Å²) < 4.78 is 12.9. The number of halogens is 1. The molecule has 1 aromatic heterocycles. The summed E-state index contributed by atoms with van der Waals surface area (Å²) in [6, 6.07) is 0. The predicted molar refractivity (Wildman–Crippen MR) is 68.5 cm³/mol. The molecule has 0 aliphatic heterocycles. The van der Waals surface area contributed by atoms with Crippen LogP contribution >= 0.6 is 0 Å². The summed E-state index contributed by atoms with van der Waals surface area (Å²) in [5, 5.41) is 9.14. The van der Waals surface area contributed by atoms with E-state index in [1.54, 1.807) is 11.9 Å². The molecule has 104 valence electrons. The van der Waals surface area contributed by atoms with E-state index in [9.17, 15) is 9.18 Å². The minimum absolute atomic E-state index is 0.0598. The highest BCUT2D eigenvalue weighted by Crippen LogP contribution is 2.37. The third-order valence-electron chi connectivity index (χ3n) is 3.88. The molecule has 0 spiro atoms. The van der Waals surface area contributed by atoms with E-state index in [4.69, 9.17) is 5.11 Å². The molecule has 0 bridgehead atoms. The molecule has 1 heterocycles. The molecule has 0 amide bonds. The van der Waals surface area contributed by atoms with Crippen LogP contribution in [0.2, 0.25) is 0 Å². The molecular formula is C13H18FN3O2. The summed E-state index contributed by atoms with van der Waals surface area (Å²) in [5.41, 5.74) is -0.456. The van der Waals surface area contributed by atoms with Gasteiger partial charge in [-0.25, -0.2) is 14.4 Å². The highest BCUT2D eigenvalue weighted by molar-refractivity contribution is 5.69. The molecule has 19 heavy (non-hydrogen) atoms. The molecule has 6 heteroatoms. The number of hydrogen-bond acceptors (Lipinski definition) is 4. The van der Waals surface area contributed by atoms with Gasteiger partial charge in [-0.15, -0.1) is 0 Å². The second-order valence-electron chi connectivity index (χ2n) is 5.12. The molecule has 1 N–H and O–H groups in total. The highest BCUT2D eigenvalue weighted by Gasteiger charge is 2.39. The lowest BCUT2D eigenvalue weighted by Crippen LogP contribution is -2.50. The topological polar surface area (TPSA) is 66.3 Å². The zero-order chi connectivity index (χ0) is 13.9. The van der Waals surface area contributed by atoms with Crippen LogP contribution in [-0.2, 0) is 4.79 Å². The Kier molecular flexibility index (Phi) is 3.97. The first kappa shape index (κ1) is 13.7. The Labute approximate surface area is 111 Å². The summed E-state index contributed by atoms with van der Waals surface area (Å²) in [5.74, 6) is -0.937. The lowest BCUT2D eigenvalue weighted by Gasteiger charge is -2.43. The van der Waals surface area contributed by atoms with Crippen molar-refractivity contribution in [1.29, 1.82) is 0 Å². The number of anilines is 1. The Morgan fingerprint density at radius 1 is 1.37 bits per heavy atom. The first-order valence-corrected chi connectivity index (χ1v) is 6.47. The van der Waals surface area contributed by atoms with Gasteiger partial charge < -0.3 is 10.0 Å². The summed E-state index contributed by atoms with van der Waals surface area (Å²) in [4.78, 5) is 20.8. The van der Waals surface area contributed by atoms with E-state index >= 15 is 0 Å². The fourth-order valence-electron chi connectivity index (χ4n) is 2.81. The molecular weight excluding hydrogens is 249 g/mol. The number of carboxylic acids is 1. The van der Waals surface area contributed by atoms with Crippen LogP contribution in [0.15, 0.2) is 12.4 Å². The van der Waals surface area contributed by atoms with Crippen molar-refractivity contribution < 1.29 is 14.3 Å². The summed E-state index contributed by atoms with van der Waals surface area (Å²) in [6.45, 7) is 0. The Hall–Kier alpha value is -1.72. The standard InChI is InChI=1S/C13H18FN3O2/c1-17(12-15-8-10(14)9-16-12)13(7-11(18)19)5-3-2-4-6-13/h8-9H,2-7H2,1H3,(H,18,19). The van der Waals surface area contributed by atoms with Crippen LogP contribution in [0.1, 0.15) is 38.5 Å². The fraction of sp³-hybridized carbons (Fsp3) is 0.615. The van der Waals surface area contributed by atoms with Crippen molar-refractivity contribution in [3.05, 3.63) is 18.2 Å². The van der Waals surface area contributed by atoms with Gasteiger partial charge in [0.2, 0.25) is 5.95 Å². The minimum atomic E-state index is -0.823. The molecule has 0 radical (unpaired) electrons. The van der Waals surface area contributed by atoms with Gasteiger partial charge in [-0.3, -0.25) is 4.79 Å². The average molecular weight is 267 g/mol. The van der Waals surface area contributed by atoms with Crippen molar-refractivity contribution in [3.63, 3.8) is 0 Å². The van der Waals surface area contributed by atoms with Crippen LogP contribution in [0.5, 0.6) is 0 Å². The van der Waals surface area contributed by atoms with E-state index in [0.717, 1.165) is 44.5 Å². The number of rotatable bonds is 4. The lowest BCUT2D eigenvalue weighted by atomic mass is 9.78. The van der Waals surface area contributed by atoms with E-state index in [1.807, 2.05) is 0 Å². The molecule has 0 aromatic carbocycles. The van der Waals surface area contributed by atoms with Crippen LogP contribution in [0.3, 0.4) is 0 Å². The molecule has 0 atom stereocenters. The molecule has 0 unspecified atom stereocenters. The summed E-state index contributed by atoms with van der Waals surface area (Å²) >= 11 is 0. The maximum Gasteiger partial charge on any atom is 0.305 e. The Morgan fingerprint density at radius 2 is 1.95 bits per heavy atom. The zero-order valence-corrected chi connectivity index (χ0v) is 11.0. The maximum atomic E-state index is 12.9. The first-order chi connectivity index (χ1) is 9.03. The average Bonchev–Trinajstić information content (AvgIpc) is 2.39. The lowest BCUT2D eigenvalue weighted by molar-refractivity contribution is -0.138. The van der Waals surface area contributed by atoms with Gasteiger partial charge in [0.1, 0.15) is 0 Å². The Morgan fingerprint density at radius 3 is 2.47 bits per heavy atom. The van der Waals surface area contributed by atoms with Gasteiger partial charge in [0, 0.05) is 7.05 Å². The van der Waals surface area contributed by atoms with Crippen molar-refractivity contribution in [3.8, 4) is 0 Å². The van der Waals surface area contributed by atoms with Crippen molar-refractivity contribution in [2.45, 2.75) is 44.1 Å². The van der Waals surface area contributed by atoms with Crippen LogP contribution in [-0.4, -0.2) is 33.6 Å². The van der Waals surface area contributed by atoms with Gasteiger partial charge >= 0.3 is 5.97 Å². The number of hydrogen-bond donors (Lipinski definition) is 1. The van der Waals surface area contributed by atoms with Gasteiger partial charge in [-0.05, 0) is 12.8 Å². The fourth-order valence-corrected chi connectivity index (χ4v) is 2.81. The Balaban J connectivity index is 2.26. The molecule has 1 aliphatic rings. The van der Waals surface area contributed by atoms with Gasteiger partial charge in [0.25, 0.3) is 0 Å². The number of carbonyl (C=O) groups is 1. The molecule has 2 rings (SSSR count). The normalized spacial score (nSPS) is 18.0. The third-order valence-corrected chi connectivity index (χ3v) is 3.88. The number of aromatic nitrogens is 2. The van der Waals surface area contributed by atoms with E-state index < -0.39 is 17.3 Å². The largest absolute Gasteiger partial charge is 0.481 e. The Bertz CT molecular complexity index is 444. The molecule has 0 saturated heterocycles. The molecule has 1 saturated carbocycles. The van der Waals surface area contributed by atoms with Crippen LogP contribution in [0.4, 0.5) is 10.3 Å². The predicted octanol–water partition coefficient (Wildman–Crippen LogP) is 2.23. The van der Waals surface area contributed by atoms with Crippen molar-refractivity contribution >= 4 is 11.9 Å². The van der Waals surface area contributed by atoms with Gasteiger partial charge in [-0.2, -0.15) is 0 Å². The molecule has 1 aliphatic carbocycles. The molecule has 5 nitrogen and oxygen atoms in total. The highest BCUT2D eigenvalue weighted by atomic mass is 19.1. The van der Waals surface area contributed by atoms with Crippen LogP contribution < -0.4 is 4.90 Å². The molecule has 1 aromatic rings. The van der Waals surface area contributed by atoms with E-state index in [2.05, 4.69) is 9.97 Å². The van der Waals surface area contributed by atoms with Crippen LogP contribution in [0.25, 0.3) is 0 Å². The van der Waals surface area contributed by atoms with Crippen molar-refractivity contribution in [2.75, 3.05) is 11.9 Å². The quantitative estimate of drug-likeness (QED) is 0.906. The smallest absolute Gasteiger partial charge is 0.305 e. The monoisotopic (exact) mass is 267 g/mol. The van der Waals surface area contributed by atoms with Gasteiger partial charge in [0.05, 0.1) is 24.4 Å². The van der Waals surface area contributed by atoms with E-state index in [1.165, 1.54) is 0 Å². The van der Waals surface area contributed by atoms with Crippen molar-refractivity contribution in [2.24, 2.45) is 0 Å². The second-order valence-corrected chi connectivity index (χ2v) is 5.12. The van der Waals surface area contributed by atoms with Crippen molar-refractivity contribution in [1.82, 2.24) is 9.97 Å². The number of nitrogens with zero attached hydrogens (tertiary/aromatic N) is 3. The molecule has 1 fully saturated rings. The van der Waals surface area contributed by atoms with Gasteiger partial charge in [0.15, 0.2) is 5.82 Å². The summed E-state index contributed by atoms with van der Waals surface area (Å²) in [7, 11) is 1.79.